The normalized spacial score (nSPS) is 27.1. The summed E-state index contributed by atoms with van der Waals surface area (Å²) in [6.07, 6.45) is 2.79. The van der Waals surface area contributed by atoms with E-state index in [1.807, 2.05) is 0 Å². The fraction of sp³-hybridized carbons (Fsp3) is 0.571. The van der Waals surface area contributed by atoms with Gasteiger partial charge in [-0.1, -0.05) is 13.8 Å². The Balaban J connectivity index is 2.43. The predicted octanol–water partition coefficient (Wildman–Crippen LogP) is 3.20. The van der Waals surface area contributed by atoms with Gasteiger partial charge < -0.3 is 10.5 Å². The SMILES string of the molecule is COc1ccc(F)cc1C1(N)CCC(C)(C)C1. The molecule has 0 amide bonds. The summed E-state index contributed by atoms with van der Waals surface area (Å²) in [5, 5.41) is 0. The van der Waals surface area contributed by atoms with Gasteiger partial charge >= 0.3 is 0 Å². The van der Waals surface area contributed by atoms with Crippen LogP contribution in [0, 0.1) is 11.2 Å². The van der Waals surface area contributed by atoms with Crippen LogP contribution in [0.4, 0.5) is 4.39 Å². The van der Waals surface area contributed by atoms with Gasteiger partial charge in [-0.2, -0.15) is 0 Å². The van der Waals surface area contributed by atoms with Crippen LogP contribution in [0.1, 0.15) is 38.7 Å². The molecule has 1 aliphatic rings. The molecule has 0 heterocycles. The van der Waals surface area contributed by atoms with Crippen LogP contribution >= 0.6 is 0 Å². The van der Waals surface area contributed by atoms with Gasteiger partial charge in [0, 0.05) is 11.1 Å². The first-order valence-corrected chi connectivity index (χ1v) is 5.99. The number of methoxy groups -OCH3 is 1. The molecule has 17 heavy (non-hydrogen) atoms. The van der Waals surface area contributed by atoms with E-state index in [9.17, 15) is 4.39 Å². The fourth-order valence-corrected chi connectivity index (χ4v) is 2.89. The van der Waals surface area contributed by atoms with Crippen molar-refractivity contribution < 1.29 is 9.13 Å². The standard InChI is InChI=1S/C14H20FNO/c1-13(2)6-7-14(16,9-13)11-8-10(15)4-5-12(11)17-3/h4-5,8H,6-7,9,16H2,1-3H3. The third-order valence-electron chi connectivity index (χ3n) is 3.74. The quantitative estimate of drug-likeness (QED) is 0.857. The van der Waals surface area contributed by atoms with Crippen LogP contribution in [-0.2, 0) is 5.54 Å². The minimum absolute atomic E-state index is 0.214. The number of rotatable bonds is 2. The first-order valence-electron chi connectivity index (χ1n) is 5.99. The molecule has 0 saturated heterocycles. The number of nitrogens with two attached hydrogens (primary N) is 1. The lowest BCUT2D eigenvalue weighted by molar-refractivity contribution is 0.327. The molecule has 3 heteroatoms. The minimum atomic E-state index is -0.461. The molecule has 0 aromatic heterocycles. The summed E-state index contributed by atoms with van der Waals surface area (Å²) < 4.78 is 18.7. The maximum atomic E-state index is 13.4. The molecular formula is C14H20FNO. The lowest BCUT2D eigenvalue weighted by atomic mass is 9.83. The summed E-state index contributed by atoms with van der Waals surface area (Å²) in [5.41, 5.74) is 7.00. The van der Waals surface area contributed by atoms with E-state index in [1.165, 1.54) is 12.1 Å². The number of benzene rings is 1. The second-order valence-electron chi connectivity index (χ2n) is 5.84. The summed E-state index contributed by atoms with van der Waals surface area (Å²) in [5.74, 6) is 0.432. The lowest BCUT2D eigenvalue weighted by Gasteiger charge is -2.28. The average Bonchev–Trinajstić information content (AvgIpc) is 2.54. The van der Waals surface area contributed by atoms with Gasteiger partial charge in [0.05, 0.1) is 7.11 Å². The van der Waals surface area contributed by atoms with Gasteiger partial charge in [0.15, 0.2) is 0 Å². The summed E-state index contributed by atoms with van der Waals surface area (Å²) in [6.45, 7) is 4.40. The molecule has 1 fully saturated rings. The monoisotopic (exact) mass is 237 g/mol. The highest BCUT2D eigenvalue weighted by Crippen LogP contribution is 2.49. The number of ether oxygens (including phenoxy) is 1. The molecule has 1 aromatic rings. The molecule has 0 bridgehead atoms. The highest BCUT2D eigenvalue weighted by atomic mass is 19.1. The second-order valence-corrected chi connectivity index (χ2v) is 5.84. The first-order chi connectivity index (χ1) is 7.86. The zero-order valence-electron chi connectivity index (χ0n) is 10.7. The molecule has 1 atom stereocenters. The smallest absolute Gasteiger partial charge is 0.124 e. The van der Waals surface area contributed by atoms with Gasteiger partial charge in [-0.15, -0.1) is 0 Å². The molecule has 1 aromatic carbocycles. The molecule has 0 spiro atoms. The van der Waals surface area contributed by atoms with Crippen molar-refractivity contribution in [2.24, 2.45) is 11.1 Å². The van der Waals surface area contributed by atoms with Crippen molar-refractivity contribution in [2.45, 2.75) is 38.6 Å². The molecule has 2 nitrogen and oxygen atoms in total. The minimum Gasteiger partial charge on any atom is -0.496 e. The predicted molar refractivity (Wildman–Crippen MR) is 66.4 cm³/mol. The van der Waals surface area contributed by atoms with Crippen LogP contribution in [0.2, 0.25) is 0 Å². The Bertz CT molecular complexity index is 430. The van der Waals surface area contributed by atoms with Gasteiger partial charge in [-0.05, 0) is 42.9 Å². The summed E-state index contributed by atoms with van der Waals surface area (Å²) in [4.78, 5) is 0. The third kappa shape index (κ3) is 2.29. The Labute approximate surface area is 102 Å². The molecular weight excluding hydrogens is 217 g/mol. The van der Waals surface area contributed by atoms with Crippen molar-refractivity contribution in [2.75, 3.05) is 7.11 Å². The molecule has 1 saturated carbocycles. The molecule has 1 unspecified atom stereocenters. The third-order valence-corrected chi connectivity index (χ3v) is 3.74. The molecule has 1 aliphatic carbocycles. The van der Waals surface area contributed by atoms with Crippen LogP contribution in [0.5, 0.6) is 5.75 Å². The van der Waals surface area contributed by atoms with Crippen molar-refractivity contribution in [1.82, 2.24) is 0 Å². The van der Waals surface area contributed by atoms with E-state index >= 15 is 0 Å². The average molecular weight is 237 g/mol. The van der Waals surface area contributed by atoms with Crippen molar-refractivity contribution in [1.29, 1.82) is 0 Å². The van der Waals surface area contributed by atoms with E-state index in [0.717, 1.165) is 24.8 Å². The van der Waals surface area contributed by atoms with Crippen molar-refractivity contribution in [3.8, 4) is 5.75 Å². The fourth-order valence-electron chi connectivity index (χ4n) is 2.89. The molecule has 2 rings (SSSR count). The van der Waals surface area contributed by atoms with E-state index in [1.54, 1.807) is 13.2 Å². The van der Waals surface area contributed by atoms with E-state index in [2.05, 4.69) is 13.8 Å². The van der Waals surface area contributed by atoms with E-state index in [4.69, 9.17) is 10.5 Å². The molecule has 0 aliphatic heterocycles. The molecule has 2 N–H and O–H groups in total. The van der Waals surface area contributed by atoms with E-state index < -0.39 is 5.54 Å². The van der Waals surface area contributed by atoms with Crippen molar-refractivity contribution in [3.63, 3.8) is 0 Å². The highest BCUT2D eigenvalue weighted by Gasteiger charge is 2.43. The Morgan fingerprint density at radius 3 is 2.53 bits per heavy atom. The zero-order chi connectivity index (χ0) is 12.7. The zero-order valence-corrected chi connectivity index (χ0v) is 10.7. The summed E-state index contributed by atoms with van der Waals surface area (Å²) in [6, 6.07) is 4.58. The number of hydrogen-bond donors (Lipinski definition) is 1. The molecule has 0 radical (unpaired) electrons. The van der Waals surface area contributed by atoms with Gasteiger partial charge in [0.2, 0.25) is 0 Å². The number of halogens is 1. The Morgan fingerprint density at radius 2 is 2.00 bits per heavy atom. The maximum Gasteiger partial charge on any atom is 0.124 e. The molecule has 94 valence electrons. The maximum absolute atomic E-state index is 13.4. The highest BCUT2D eigenvalue weighted by molar-refractivity contribution is 5.40. The Hall–Kier alpha value is -1.09. The van der Waals surface area contributed by atoms with Gasteiger partial charge in [0.1, 0.15) is 11.6 Å². The van der Waals surface area contributed by atoms with Crippen LogP contribution in [0.25, 0.3) is 0 Å². The van der Waals surface area contributed by atoms with E-state index in [-0.39, 0.29) is 11.2 Å². The summed E-state index contributed by atoms with van der Waals surface area (Å²) in [7, 11) is 1.60. The second kappa shape index (κ2) is 3.98. The topological polar surface area (TPSA) is 35.2 Å². The largest absolute Gasteiger partial charge is 0.496 e. The first kappa shape index (κ1) is 12.4. The van der Waals surface area contributed by atoms with E-state index in [0.29, 0.717) is 5.75 Å². The van der Waals surface area contributed by atoms with Crippen molar-refractivity contribution in [3.05, 3.63) is 29.6 Å². The van der Waals surface area contributed by atoms with Gasteiger partial charge in [-0.25, -0.2) is 4.39 Å². The number of hydrogen-bond acceptors (Lipinski definition) is 2. The van der Waals surface area contributed by atoms with Crippen LogP contribution in [-0.4, -0.2) is 7.11 Å². The summed E-state index contributed by atoms with van der Waals surface area (Å²) >= 11 is 0. The van der Waals surface area contributed by atoms with Gasteiger partial charge in [0.25, 0.3) is 0 Å². The van der Waals surface area contributed by atoms with Crippen LogP contribution in [0.15, 0.2) is 18.2 Å². The Morgan fingerprint density at radius 1 is 1.29 bits per heavy atom. The van der Waals surface area contributed by atoms with Crippen LogP contribution in [0.3, 0.4) is 0 Å². The Kier molecular flexibility index (Phi) is 2.90. The van der Waals surface area contributed by atoms with Crippen molar-refractivity contribution >= 4 is 0 Å². The van der Waals surface area contributed by atoms with Crippen LogP contribution < -0.4 is 10.5 Å². The lowest BCUT2D eigenvalue weighted by Crippen LogP contribution is -2.35. The van der Waals surface area contributed by atoms with Gasteiger partial charge in [-0.3, -0.25) is 0 Å².